The van der Waals surface area contributed by atoms with Gasteiger partial charge in [0.05, 0.1) is 13.2 Å². The fraction of sp³-hybridized carbons (Fsp3) is 0.211. The van der Waals surface area contributed by atoms with Gasteiger partial charge in [-0.3, -0.25) is 9.55 Å². The second kappa shape index (κ2) is 8.58. The lowest BCUT2D eigenvalue weighted by atomic mass is 10.2. The van der Waals surface area contributed by atoms with Crippen LogP contribution in [0.3, 0.4) is 0 Å². The highest BCUT2D eigenvalue weighted by atomic mass is 19.4. The monoisotopic (exact) mass is 443 g/mol. The lowest BCUT2D eigenvalue weighted by molar-refractivity contribution is -0.141. The second-order valence-electron chi connectivity index (χ2n) is 6.13. The molecule has 0 fully saturated rings. The first kappa shape index (κ1) is 22.0. The fourth-order valence-corrected chi connectivity index (χ4v) is 2.47. The van der Waals surface area contributed by atoms with Crippen LogP contribution >= 0.6 is 0 Å². The quantitative estimate of drug-likeness (QED) is 0.539. The van der Waals surface area contributed by atoms with Crippen molar-refractivity contribution in [1.29, 1.82) is 0 Å². The standard InChI is InChI=1S/C19H14F5N3O4/c1-27-16(29-2)8-15(26-18(27)28)30-9-10-5-12(20)17(13(21)6-10)31-11-3-4-25-14(7-11)19(22,23)24/h3-8H,9H2,1-2H3. The molecule has 1 aromatic carbocycles. The van der Waals surface area contributed by atoms with E-state index in [4.69, 9.17) is 14.2 Å². The second-order valence-corrected chi connectivity index (χ2v) is 6.13. The van der Waals surface area contributed by atoms with Gasteiger partial charge in [-0.25, -0.2) is 13.6 Å². The Balaban J connectivity index is 1.78. The van der Waals surface area contributed by atoms with Gasteiger partial charge in [-0.1, -0.05) is 0 Å². The SMILES string of the molecule is COc1cc(OCc2cc(F)c(Oc3ccnc(C(F)(F)F)c3)c(F)c2)nc(=O)n1C. The van der Waals surface area contributed by atoms with Gasteiger partial charge in [-0.05, 0) is 23.8 Å². The summed E-state index contributed by atoms with van der Waals surface area (Å²) in [6.45, 7) is -0.356. The first-order chi connectivity index (χ1) is 14.6. The number of hydrogen-bond acceptors (Lipinski definition) is 6. The Morgan fingerprint density at radius 2 is 1.77 bits per heavy atom. The molecule has 164 valence electrons. The van der Waals surface area contributed by atoms with E-state index in [0.29, 0.717) is 6.07 Å². The summed E-state index contributed by atoms with van der Waals surface area (Å²) in [6.07, 6.45) is -3.94. The topological polar surface area (TPSA) is 75.5 Å². The van der Waals surface area contributed by atoms with Crippen LogP contribution in [0.5, 0.6) is 23.3 Å². The predicted octanol–water partition coefficient (Wildman–Crippen LogP) is 3.85. The van der Waals surface area contributed by atoms with Crippen molar-refractivity contribution in [1.82, 2.24) is 14.5 Å². The van der Waals surface area contributed by atoms with Crippen LogP contribution < -0.4 is 19.9 Å². The molecule has 0 bridgehead atoms. The van der Waals surface area contributed by atoms with Crippen LogP contribution in [0.15, 0.2) is 41.3 Å². The number of hydrogen-bond donors (Lipinski definition) is 0. The largest absolute Gasteiger partial charge is 0.482 e. The molecular formula is C19H14F5N3O4. The van der Waals surface area contributed by atoms with E-state index in [-0.39, 0.29) is 23.9 Å². The van der Waals surface area contributed by atoms with E-state index in [9.17, 15) is 26.7 Å². The van der Waals surface area contributed by atoms with Gasteiger partial charge >= 0.3 is 11.9 Å². The minimum absolute atomic E-state index is 0.0227. The number of rotatable bonds is 6. The van der Waals surface area contributed by atoms with Gasteiger partial charge in [0.25, 0.3) is 0 Å². The number of benzene rings is 1. The maximum absolute atomic E-state index is 14.3. The molecule has 0 aliphatic heterocycles. The number of halogens is 5. The van der Waals surface area contributed by atoms with Crippen molar-refractivity contribution in [2.75, 3.05) is 7.11 Å². The number of ether oxygens (including phenoxy) is 3. The molecule has 0 radical (unpaired) electrons. The number of pyridine rings is 1. The molecule has 0 atom stereocenters. The van der Waals surface area contributed by atoms with Gasteiger partial charge in [0.1, 0.15) is 18.1 Å². The average molecular weight is 443 g/mol. The first-order valence-corrected chi connectivity index (χ1v) is 8.52. The van der Waals surface area contributed by atoms with Crippen molar-refractivity contribution in [2.24, 2.45) is 7.05 Å². The third-order valence-corrected chi connectivity index (χ3v) is 3.97. The van der Waals surface area contributed by atoms with E-state index in [2.05, 4.69) is 9.97 Å². The van der Waals surface area contributed by atoms with Crippen LogP contribution in [-0.2, 0) is 19.8 Å². The maximum Gasteiger partial charge on any atom is 0.433 e. The Hall–Kier alpha value is -3.70. The zero-order valence-corrected chi connectivity index (χ0v) is 16.0. The third-order valence-electron chi connectivity index (χ3n) is 3.97. The minimum atomic E-state index is -4.74. The molecule has 0 spiro atoms. The van der Waals surface area contributed by atoms with E-state index in [1.165, 1.54) is 20.2 Å². The molecule has 0 N–H and O–H groups in total. The molecule has 2 aromatic heterocycles. The minimum Gasteiger partial charge on any atom is -0.482 e. The summed E-state index contributed by atoms with van der Waals surface area (Å²) >= 11 is 0. The highest BCUT2D eigenvalue weighted by molar-refractivity contribution is 5.36. The summed E-state index contributed by atoms with van der Waals surface area (Å²) in [4.78, 5) is 18.5. The molecule has 3 rings (SSSR count). The molecule has 0 amide bonds. The van der Waals surface area contributed by atoms with Gasteiger partial charge in [0, 0.05) is 19.3 Å². The van der Waals surface area contributed by atoms with Crippen LogP contribution in [0.2, 0.25) is 0 Å². The molecule has 3 aromatic rings. The maximum atomic E-state index is 14.3. The summed E-state index contributed by atoms with van der Waals surface area (Å²) < 4.78 is 83.2. The molecule has 0 aliphatic rings. The highest BCUT2D eigenvalue weighted by Gasteiger charge is 2.32. The van der Waals surface area contributed by atoms with E-state index in [1.807, 2.05) is 0 Å². The summed E-state index contributed by atoms with van der Waals surface area (Å²) in [6, 6.07) is 4.61. The summed E-state index contributed by atoms with van der Waals surface area (Å²) in [5, 5.41) is 0. The Kier molecular flexibility index (Phi) is 6.09. The Bertz CT molecular complexity index is 1140. The molecule has 7 nitrogen and oxygen atoms in total. The normalized spacial score (nSPS) is 11.3. The van der Waals surface area contributed by atoms with Crippen molar-refractivity contribution in [3.63, 3.8) is 0 Å². The van der Waals surface area contributed by atoms with E-state index < -0.39 is 40.7 Å². The smallest absolute Gasteiger partial charge is 0.433 e. The van der Waals surface area contributed by atoms with Gasteiger partial charge < -0.3 is 14.2 Å². The molecule has 0 saturated heterocycles. The molecule has 0 saturated carbocycles. The molecule has 31 heavy (non-hydrogen) atoms. The first-order valence-electron chi connectivity index (χ1n) is 8.52. The number of alkyl halides is 3. The molecule has 2 heterocycles. The van der Waals surface area contributed by atoms with E-state index in [1.54, 1.807) is 0 Å². The van der Waals surface area contributed by atoms with Crippen LogP contribution in [0.4, 0.5) is 22.0 Å². The van der Waals surface area contributed by atoms with Crippen LogP contribution in [-0.4, -0.2) is 21.6 Å². The lowest BCUT2D eigenvalue weighted by Crippen LogP contribution is -2.21. The number of aromatic nitrogens is 3. The fourth-order valence-electron chi connectivity index (χ4n) is 2.47. The summed E-state index contributed by atoms with van der Waals surface area (Å²) in [7, 11) is 2.77. The van der Waals surface area contributed by atoms with Gasteiger partial charge in [0.15, 0.2) is 17.4 Å². The third kappa shape index (κ3) is 5.08. The summed E-state index contributed by atoms with van der Waals surface area (Å²) in [5.74, 6) is -3.64. The van der Waals surface area contributed by atoms with Gasteiger partial charge in [0.2, 0.25) is 11.8 Å². The zero-order chi connectivity index (χ0) is 22.8. The van der Waals surface area contributed by atoms with Gasteiger partial charge in [-0.15, -0.1) is 0 Å². The Morgan fingerprint density at radius 3 is 2.39 bits per heavy atom. The Morgan fingerprint density at radius 1 is 1.10 bits per heavy atom. The van der Waals surface area contributed by atoms with E-state index in [0.717, 1.165) is 29.0 Å². The van der Waals surface area contributed by atoms with E-state index >= 15 is 0 Å². The number of nitrogens with zero attached hydrogens (tertiary/aromatic N) is 3. The molecular weight excluding hydrogens is 429 g/mol. The van der Waals surface area contributed by atoms with Crippen molar-refractivity contribution < 1.29 is 36.2 Å². The van der Waals surface area contributed by atoms with Crippen molar-refractivity contribution >= 4 is 0 Å². The van der Waals surface area contributed by atoms with Crippen molar-refractivity contribution in [3.05, 3.63) is 69.9 Å². The lowest BCUT2D eigenvalue weighted by Gasteiger charge is -2.12. The van der Waals surface area contributed by atoms with Crippen LogP contribution in [0.25, 0.3) is 0 Å². The summed E-state index contributed by atoms with van der Waals surface area (Å²) in [5.41, 5.74) is -1.91. The predicted molar refractivity (Wildman–Crippen MR) is 96.0 cm³/mol. The van der Waals surface area contributed by atoms with Crippen molar-refractivity contribution in [2.45, 2.75) is 12.8 Å². The zero-order valence-electron chi connectivity index (χ0n) is 16.0. The van der Waals surface area contributed by atoms with Crippen molar-refractivity contribution in [3.8, 4) is 23.3 Å². The van der Waals surface area contributed by atoms with Gasteiger partial charge in [-0.2, -0.15) is 18.2 Å². The van der Waals surface area contributed by atoms with Crippen LogP contribution in [0.1, 0.15) is 11.3 Å². The average Bonchev–Trinajstić information content (AvgIpc) is 2.71. The molecule has 12 heteroatoms. The Labute approximate surface area is 171 Å². The molecule has 0 aliphatic carbocycles. The number of methoxy groups -OCH3 is 1. The molecule has 0 unspecified atom stereocenters. The van der Waals surface area contributed by atoms with Crippen LogP contribution in [0, 0.1) is 11.6 Å². The highest BCUT2D eigenvalue weighted by Crippen LogP contribution is 2.33.